The van der Waals surface area contributed by atoms with Crippen molar-refractivity contribution in [3.05, 3.63) is 29.8 Å². The van der Waals surface area contributed by atoms with Gasteiger partial charge in [0.15, 0.2) is 0 Å². The molecular formula is C13H19NO3. The van der Waals surface area contributed by atoms with Crippen LogP contribution in [0.25, 0.3) is 0 Å². The van der Waals surface area contributed by atoms with Crippen LogP contribution >= 0.6 is 0 Å². The number of nitrogens with zero attached hydrogens (tertiary/aromatic N) is 1. The highest BCUT2D eigenvalue weighted by Crippen LogP contribution is 2.34. The van der Waals surface area contributed by atoms with Crippen LogP contribution in [0.5, 0.6) is 5.75 Å². The van der Waals surface area contributed by atoms with E-state index in [4.69, 9.17) is 14.5 Å². The Morgan fingerprint density at radius 1 is 1.35 bits per heavy atom. The van der Waals surface area contributed by atoms with Gasteiger partial charge in [-0.1, -0.05) is 12.1 Å². The van der Waals surface area contributed by atoms with E-state index in [-0.39, 0.29) is 5.54 Å². The van der Waals surface area contributed by atoms with E-state index < -0.39 is 0 Å². The van der Waals surface area contributed by atoms with Crippen molar-refractivity contribution >= 4 is 0 Å². The second kappa shape index (κ2) is 5.04. The van der Waals surface area contributed by atoms with Gasteiger partial charge < -0.3 is 4.74 Å². The van der Waals surface area contributed by atoms with E-state index in [9.17, 15) is 0 Å². The van der Waals surface area contributed by atoms with Gasteiger partial charge in [0.25, 0.3) is 0 Å². The van der Waals surface area contributed by atoms with Crippen LogP contribution in [0.2, 0.25) is 0 Å². The first-order valence-electron chi connectivity index (χ1n) is 5.77. The molecule has 1 aromatic rings. The molecule has 1 aromatic carbocycles. The molecule has 94 valence electrons. The third-order valence-corrected chi connectivity index (χ3v) is 3.54. The fourth-order valence-corrected chi connectivity index (χ4v) is 2.07. The molecule has 0 aromatic heterocycles. The van der Waals surface area contributed by atoms with Crippen molar-refractivity contribution in [3.63, 3.8) is 0 Å². The Balaban J connectivity index is 2.33. The maximum Gasteiger partial charge on any atom is 0.135 e. The lowest BCUT2D eigenvalue weighted by atomic mass is 9.87. The van der Waals surface area contributed by atoms with E-state index in [1.165, 1.54) is 5.56 Å². The van der Waals surface area contributed by atoms with Gasteiger partial charge in [-0.3, -0.25) is 4.90 Å². The standard InChI is InChI=1S/C13H19NO3/c1-13(7-8-16-17-10-14(13)2)11-5-4-6-12(9-11)15-3/h4-6,9H,7-8,10H2,1-3H3. The van der Waals surface area contributed by atoms with Gasteiger partial charge in [-0.15, -0.1) is 0 Å². The summed E-state index contributed by atoms with van der Waals surface area (Å²) >= 11 is 0. The molecule has 0 N–H and O–H groups in total. The van der Waals surface area contributed by atoms with E-state index in [1.54, 1.807) is 7.11 Å². The molecule has 4 nitrogen and oxygen atoms in total. The molecule has 17 heavy (non-hydrogen) atoms. The monoisotopic (exact) mass is 237 g/mol. The number of methoxy groups -OCH3 is 1. The van der Waals surface area contributed by atoms with Crippen molar-refractivity contribution < 1.29 is 14.5 Å². The van der Waals surface area contributed by atoms with Crippen LogP contribution in [0.1, 0.15) is 18.9 Å². The maximum absolute atomic E-state index is 5.28. The zero-order chi connectivity index (χ0) is 12.3. The number of hydrogen-bond donors (Lipinski definition) is 0. The minimum atomic E-state index is -0.0922. The highest BCUT2D eigenvalue weighted by Gasteiger charge is 2.33. The number of benzene rings is 1. The molecule has 4 heteroatoms. The molecule has 1 atom stereocenters. The summed E-state index contributed by atoms with van der Waals surface area (Å²) in [7, 11) is 3.72. The van der Waals surface area contributed by atoms with Gasteiger partial charge in [0.2, 0.25) is 0 Å². The Morgan fingerprint density at radius 2 is 2.18 bits per heavy atom. The highest BCUT2D eigenvalue weighted by molar-refractivity contribution is 5.33. The zero-order valence-electron chi connectivity index (χ0n) is 10.6. The molecule has 1 unspecified atom stereocenters. The first kappa shape index (κ1) is 12.4. The van der Waals surface area contributed by atoms with Gasteiger partial charge >= 0.3 is 0 Å². The molecule has 2 rings (SSSR count). The van der Waals surface area contributed by atoms with Crippen LogP contribution in [0.4, 0.5) is 0 Å². The third kappa shape index (κ3) is 2.44. The Labute approximate surface area is 102 Å². The van der Waals surface area contributed by atoms with Gasteiger partial charge in [-0.2, -0.15) is 0 Å². The average Bonchev–Trinajstić information content (AvgIpc) is 2.53. The lowest BCUT2D eigenvalue weighted by Crippen LogP contribution is -2.41. The number of hydrogen-bond acceptors (Lipinski definition) is 4. The second-order valence-electron chi connectivity index (χ2n) is 4.52. The molecule has 1 aliphatic heterocycles. The minimum absolute atomic E-state index is 0.0922. The van der Waals surface area contributed by atoms with Crippen LogP contribution in [0.15, 0.2) is 24.3 Å². The lowest BCUT2D eigenvalue weighted by Gasteiger charge is -2.36. The molecule has 1 fully saturated rings. The molecular weight excluding hydrogens is 218 g/mol. The first-order chi connectivity index (χ1) is 8.16. The van der Waals surface area contributed by atoms with Crippen molar-refractivity contribution in [1.29, 1.82) is 0 Å². The van der Waals surface area contributed by atoms with Gasteiger partial charge in [0, 0.05) is 5.54 Å². The molecule has 1 aliphatic rings. The quantitative estimate of drug-likeness (QED) is 0.737. The molecule has 0 saturated carbocycles. The molecule has 0 bridgehead atoms. The van der Waals surface area contributed by atoms with Gasteiger partial charge in [0.05, 0.1) is 13.7 Å². The molecule has 1 saturated heterocycles. The molecule has 0 spiro atoms. The summed E-state index contributed by atoms with van der Waals surface area (Å²) in [5, 5.41) is 0. The Kier molecular flexibility index (Phi) is 3.66. The molecule has 0 aliphatic carbocycles. The average molecular weight is 237 g/mol. The van der Waals surface area contributed by atoms with Crippen molar-refractivity contribution in [2.45, 2.75) is 18.9 Å². The predicted octanol–water partition coefficient (Wildman–Crippen LogP) is 2.15. The third-order valence-electron chi connectivity index (χ3n) is 3.54. The zero-order valence-corrected chi connectivity index (χ0v) is 10.6. The first-order valence-corrected chi connectivity index (χ1v) is 5.77. The summed E-state index contributed by atoms with van der Waals surface area (Å²) in [6.45, 7) is 3.26. The molecule has 1 heterocycles. The highest BCUT2D eigenvalue weighted by atomic mass is 17.2. The lowest BCUT2D eigenvalue weighted by molar-refractivity contribution is -0.303. The van der Waals surface area contributed by atoms with E-state index >= 15 is 0 Å². The maximum atomic E-state index is 5.28. The van der Waals surface area contributed by atoms with Crippen molar-refractivity contribution in [2.24, 2.45) is 0 Å². The smallest absolute Gasteiger partial charge is 0.135 e. The number of ether oxygens (including phenoxy) is 1. The summed E-state index contributed by atoms with van der Waals surface area (Å²) in [6.07, 6.45) is 0.886. The van der Waals surface area contributed by atoms with Crippen LogP contribution in [-0.2, 0) is 15.3 Å². The molecule has 0 amide bonds. The van der Waals surface area contributed by atoms with Gasteiger partial charge in [-0.25, -0.2) is 9.78 Å². The van der Waals surface area contributed by atoms with E-state index in [1.807, 2.05) is 19.2 Å². The molecule has 0 radical (unpaired) electrons. The van der Waals surface area contributed by atoms with Crippen molar-refractivity contribution in [3.8, 4) is 5.75 Å². The predicted molar refractivity (Wildman–Crippen MR) is 64.6 cm³/mol. The van der Waals surface area contributed by atoms with E-state index in [2.05, 4.69) is 24.0 Å². The fraction of sp³-hybridized carbons (Fsp3) is 0.538. The van der Waals surface area contributed by atoms with Gasteiger partial charge in [0.1, 0.15) is 12.5 Å². The van der Waals surface area contributed by atoms with E-state index in [0.717, 1.165) is 12.2 Å². The van der Waals surface area contributed by atoms with Crippen LogP contribution in [-0.4, -0.2) is 32.4 Å². The Morgan fingerprint density at radius 3 is 2.94 bits per heavy atom. The van der Waals surface area contributed by atoms with Crippen molar-refractivity contribution in [1.82, 2.24) is 4.90 Å². The normalized spacial score (nSPS) is 26.5. The number of rotatable bonds is 2. The van der Waals surface area contributed by atoms with E-state index in [0.29, 0.717) is 13.3 Å². The SMILES string of the molecule is COc1cccc(C2(C)CCOOCN2C)c1. The summed E-state index contributed by atoms with van der Waals surface area (Å²) in [5.41, 5.74) is 1.12. The Bertz CT molecular complexity index is 383. The fourth-order valence-electron chi connectivity index (χ4n) is 2.07. The van der Waals surface area contributed by atoms with Crippen LogP contribution in [0.3, 0.4) is 0 Å². The minimum Gasteiger partial charge on any atom is -0.497 e. The second-order valence-corrected chi connectivity index (χ2v) is 4.52. The summed E-state index contributed by atoms with van der Waals surface area (Å²) < 4.78 is 5.28. The van der Waals surface area contributed by atoms with Crippen LogP contribution in [0, 0.1) is 0 Å². The largest absolute Gasteiger partial charge is 0.497 e. The summed E-state index contributed by atoms with van der Waals surface area (Å²) in [6, 6.07) is 8.16. The summed E-state index contributed by atoms with van der Waals surface area (Å²) in [5.74, 6) is 0.878. The summed E-state index contributed by atoms with van der Waals surface area (Å²) in [4.78, 5) is 12.3. The van der Waals surface area contributed by atoms with Crippen LogP contribution < -0.4 is 4.74 Å². The van der Waals surface area contributed by atoms with Gasteiger partial charge in [-0.05, 0) is 38.1 Å². The topological polar surface area (TPSA) is 30.9 Å². The van der Waals surface area contributed by atoms with Crippen molar-refractivity contribution in [2.75, 3.05) is 27.5 Å². The Hall–Kier alpha value is -1.10.